The summed E-state index contributed by atoms with van der Waals surface area (Å²) in [6, 6.07) is 16.5. The smallest absolute Gasteiger partial charge is 0.329 e. The first-order valence-electron chi connectivity index (χ1n) is 9.45. The fourth-order valence-electron chi connectivity index (χ4n) is 2.98. The monoisotopic (exact) mass is 398 g/mol. The van der Waals surface area contributed by atoms with Crippen LogP contribution < -0.4 is 5.32 Å². The molecule has 6 heteroatoms. The van der Waals surface area contributed by atoms with Gasteiger partial charge in [0, 0.05) is 11.4 Å². The number of aryl methyl sites for hydroxylation is 1. The third-order valence-corrected chi connectivity index (χ3v) is 5.78. The summed E-state index contributed by atoms with van der Waals surface area (Å²) in [5.74, 6) is 0.411. The van der Waals surface area contributed by atoms with Crippen LogP contribution in [0.25, 0.3) is 0 Å². The number of hydrogen-bond acceptors (Lipinski definition) is 4. The number of ether oxygens (including phenoxy) is 1. The lowest BCUT2D eigenvalue weighted by Crippen LogP contribution is -2.46. The molecular formula is C22H26N2O3S. The van der Waals surface area contributed by atoms with E-state index in [4.69, 9.17) is 4.74 Å². The van der Waals surface area contributed by atoms with Gasteiger partial charge >= 0.3 is 12.0 Å². The number of nitrogens with one attached hydrogen (secondary N) is 1. The van der Waals surface area contributed by atoms with Gasteiger partial charge in [-0.3, -0.25) is 4.90 Å². The molecule has 2 unspecified atom stereocenters. The van der Waals surface area contributed by atoms with E-state index in [9.17, 15) is 9.59 Å². The average Bonchev–Trinajstić information content (AvgIpc) is 3.14. The molecule has 0 bridgehead atoms. The first-order chi connectivity index (χ1) is 13.5. The molecule has 1 fully saturated rings. The number of benzene rings is 2. The number of urea groups is 1. The predicted octanol–water partition coefficient (Wildman–Crippen LogP) is 4.84. The summed E-state index contributed by atoms with van der Waals surface area (Å²) in [7, 11) is 0. The van der Waals surface area contributed by atoms with Crippen LogP contribution in [-0.2, 0) is 9.53 Å². The number of hydrogen-bond donors (Lipinski definition) is 1. The molecular weight excluding hydrogens is 372 g/mol. The van der Waals surface area contributed by atoms with Gasteiger partial charge in [0.25, 0.3) is 0 Å². The number of carbonyl (C=O) groups is 2. The van der Waals surface area contributed by atoms with Crippen molar-refractivity contribution >= 4 is 29.4 Å². The highest BCUT2D eigenvalue weighted by Gasteiger charge is 2.43. The van der Waals surface area contributed by atoms with E-state index >= 15 is 0 Å². The molecule has 28 heavy (non-hydrogen) atoms. The summed E-state index contributed by atoms with van der Waals surface area (Å²) in [5, 5.41) is 2.69. The number of anilines is 1. The second kappa shape index (κ2) is 9.15. The van der Waals surface area contributed by atoms with Gasteiger partial charge in [0.15, 0.2) is 0 Å². The summed E-state index contributed by atoms with van der Waals surface area (Å²) in [5.41, 5.74) is 2.81. The summed E-state index contributed by atoms with van der Waals surface area (Å²) in [6.07, 6.45) is 0. The van der Waals surface area contributed by atoms with Gasteiger partial charge in [0.1, 0.15) is 11.4 Å². The Kier molecular flexibility index (Phi) is 6.62. The fraction of sp³-hybridized carbons (Fsp3) is 0.364. The fourth-order valence-corrected chi connectivity index (χ4v) is 4.39. The summed E-state index contributed by atoms with van der Waals surface area (Å²) in [4.78, 5) is 27.4. The SMILES string of the molecule is Cc1ccc(NC(=O)N2C(C(=O)OCC(C)C)CSC2c2ccccc2)cc1. The van der Waals surface area contributed by atoms with Gasteiger partial charge in [-0.25, -0.2) is 9.59 Å². The van der Waals surface area contributed by atoms with Crippen LogP contribution in [-0.4, -0.2) is 35.3 Å². The van der Waals surface area contributed by atoms with Crippen molar-refractivity contribution < 1.29 is 14.3 Å². The molecule has 0 aromatic heterocycles. The molecule has 2 aromatic rings. The molecule has 1 saturated heterocycles. The lowest BCUT2D eigenvalue weighted by Gasteiger charge is -2.29. The summed E-state index contributed by atoms with van der Waals surface area (Å²) >= 11 is 1.58. The molecule has 2 amide bonds. The van der Waals surface area contributed by atoms with Crippen molar-refractivity contribution in [3.63, 3.8) is 0 Å². The molecule has 0 spiro atoms. The predicted molar refractivity (Wildman–Crippen MR) is 113 cm³/mol. The van der Waals surface area contributed by atoms with E-state index in [-0.39, 0.29) is 23.3 Å². The van der Waals surface area contributed by atoms with Crippen molar-refractivity contribution in [1.82, 2.24) is 4.90 Å². The number of nitrogens with zero attached hydrogens (tertiary/aromatic N) is 1. The molecule has 0 radical (unpaired) electrons. The quantitative estimate of drug-likeness (QED) is 0.732. The maximum absolute atomic E-state index is 13.1. The van der Waals surface area contributed by atoms with E-state index in [0.717, 1.165) is 11.1 Å². The average molecular weight is 399 g/mol. The van der Waals surface area contributed by atoms with Gasteiger partial charge in [-0.2, -0.15) is 0 Å². The Bertz CT molecular complexity index is 808. The third kappa shape index (κ3) is 4.87. The molecule has 2 aromatic carbocycles. The molecule has 1 heterocycles. The van der Waals surface area contributed by atoms with Crippen LogP contribution in [0.4, 0.5) is 10.5 Å². The van der Waals surface area contributed by atoms with E-state index in [1.807, 2.05) is 75.4 Å². The number of rotatable bonds is 5. The molecule has 2 atom stereocenters. The van der Waals surface area contributed by atoms with Crippen LogP contribution in [0.5, 0.6) is 0 Å². The lowest BCUT2D eigenvalue weighted by molar-refractivity contribution is -0.149. The zero-order valence-corrected chi connectivity index (χ0v) is 17.2. The maximum Gasteiger partial charge on any atom is 0.329 e. The van der Waals surface area contributed by atoms with Gasteiger partial charge in [-0.05, 0) is 30.5 Å². The first kappa shape index (κ1) is 20.3. The van der Waals surface area contributed by atoms with Crippen molar-refractivity contribution in [1.29, 1.82) is 0 Å². The molecule has 5 nitrogen and oxygen atoms in total. The largest absolute Gasteiger partial charge is 0.464 e. The molecule has 1 N–H and O–H groups in total. The Labute approximate surface area is 170 Å². The minimum Gasteiger partial charge on any atom is -0.464 e. The van der Waals surface area contributed by atoms with Gasteiger partial charge in [0.2, 0.25) is 0 Å². The third-order valence-electron chi connectivity index (χ3n) is 4.45. The van der Waals surface area contributed by atoms with Crippen LogP contribution in [0, 0.1) is 12.8 Å². The first-order valence-corrected chi connectivity index (χ1v) is 10.5. The number of esters is 1. The molecule has 0 aliphatic carbocycles. The standard InChI is InChI=1S/C22H26N2O3S/c1-15(2)13-27-21(25)19-14-28-20(17-7-5-4-6-8-17)24(19)22(26)23-18-11-9-16(3)10-12-18/h4-12,15,19-20H,13-14H2,1-3H3,(H,23,26). The summed E-state index contributed by atoms with van der Waals surface area (Å²) in [6.45, 7) is 6.33. The highest BCUT2D eigenvalue weighted by atomic mass is 32.2. The molecule has 1 aliphatic rings. The minimum atomic E-state index is -0.612. The summed E-state index contributed by atoms with van der Waals surface area (Å²) < 4.78 is 5.44. The number of amides is 2. The van der Waals surface area contributed by atoms with E-state index in [1.165, 1.54) is 0 Å². The normalized spacial score (nSPS) is 18.9. The second-order valence-corrected chi connectivity index (χ2v) is 8.45. The van der Waals surface area contributed by atoms with Crippen LogP contribution in [0.2, 0.25) is 0 Å². The van der Waals surface area contributed by atoms with E-state index in [1.54, 1.807) is 16.7 Å². The Morgan fingerprint density at radius 1 is 1.14 bits per heavy atom. The molecule has 0 saturated carbocycles. The zero-order valence-electron chi connectivity index (χ0n) is 16.4. The van der Waals surface area contributed by atoms with Crippen molar-refractivity contribution in [2.24, 2.45) is 5.92 Å². The highest BCUT2D eigenvalue weighted by molar-refractivity contribution is 7.99. The van der Waals surface area contributed by atoms with Crippen molar-refractivity contribution in [2.75, 3.05) is 17.7 Å². The molecule has 3 rings (SSSR count). The number of thioether (sulfide) groups is 1. The van der Waals surface area contributed by atoms with Crippen LogP contribution >= 0.6 is 11.8 Å². The van der Waals surface area contributed by atoms with Crippen molar-refractivity contribution in [2.45, 2.75) is 32.2 Å². The second-order valence-electron chi connectivity index (χ2n) is 7.34. The van der Waals surface area contributed by atoms with Crippen LogP contribution in [0.1, 0.15) is 30.3 Å². The van der Waals surface area contributed by atoms with Gasteiger partial charge in [-0.1, -0.05) is 61.9 Å². The van der Waals surface area contributed by atoms with Gasteiger partial charge in [0.05, 0.1) is 6.61 Å². The van der Waals surface area contributed by atoms with Gasteiger partial charge < -0.3 is 10.1 Å². The zero-order chi connectivity index (χ0) is 20.1. The minimum absolute atomic E-state index is 0.233. The Morgan fingerprint density at radius 2 is 1.82 bits per heavy atom. The molecule has 1 aliphatic heterocycles. The van der Waals surface area contributed by atoms with Crippen molar-refractivity contribution in [3.05, 3.63) is 65.7 Å². The van der Waals surface area contributed by atoms with Crippen LogP contribution in [0.3, 0.4) is 0 Å². The Hall–Kier alpha value is -2.47. The van der Waals surface area contributed by atoms with E-state index in [2.05, 4.69) is 5.32 Å². The van der Waals surface area contributed by atoms with E-state index < -0.39 is 6.04 Å². The molecule has 148 valence electrons. The van der Waals surface area contributed by atoms with E-state index in [0.29, 0.717) is 18.0 Å². The van der Waals surface area contributed by atoms with Crippen LogP contribution in [0.15, 0.2) is 54.6 Å². The highest BCUT2D eigenvalue weighted by Crippen LogP contribution is 2.42. The van der Waals surface area contributed by atoms with Gasteiger partial charge in [-0.15, -0.1) is 11.8 Å². The number of carbonyl (C=O) groups excluding carboxylic acids is 2. The Balaban J connectivity index is 1.82. The lowest BCUT2D eigenvalue weighted by atomic mass is 10.2. The Morgan fingerprint density at radius 3 is 2.46 bits per heavy atom. The maximum atomic E-state index is 13.1. The van der Waals surface area contributed by atoms with Crippen molar-refractivity contribution in [3.8, 4) is 0 Å². The topological polar surface area (TPSA) is 58.6 Å².